The first-order valence-electron chi connectivity index (χ1n) is 6.91. The third-order valence-electron chi connectivity index (χ3n) is 3.68. The second-order valence-electron chi connectivity index (χ2n) is 6.04. The number of carboxylic acid groups (broad SMARTS) is 1. The molecule has 19 heavy (non-hydrogen) atoms. The van der Waals surface area contributed by atoms with Gasteiger partial charge in [-0.3, -0.25) is 9.59 Å². The molecule has 5 heteroatoms. The highest BCUT2D eigenvalue weighted by Crippen LogP contribution is 2.36. The molecule has 1 saturated carbocycles. The van der Waals surface area contributed by atoms with E-state index in [0.29, 0.717) is 26.0 Å². The van der Waals surface area contributed by atoms with Crippen LogP contribution in [0, 0.1) is 17.8 Å². The number of rotatable bonds is 6. The van der Waals surface area contributed by atoms with Crippen LogP contribution in [0.25, 0.3) is 0 Å². The molecule has 0 radical (unpaired) electrons. The molecule has 0 aromatic carbocycles. The molecule has 0 spiro atoms. The maximum absolute atomic E-state index is 12.1. The Kier molecular flexibility index (Phi) is 5.35. The van der Waals surface area contributed by atoms with Gasteiger partial charge in [0, 0.05) is 13.2 Å². The van der Waals surface area contributed by atoms with E-state index in [9.17, 15) is 9.59 Å². The van der Waals surface area contributed by atoms with Gasteiger partial charge in [-0.25, -0.2) is 0 Å². The zero-order chi connectivity index (χ0) is 14.6. The Morgan fingerprint density at radius 2 is 1.89 bits per heavy atom. The SMILES string of the molecule is CCOC(C)(C)CNC(=O)[C@H]1CC(C)C[C@H]1C(=O)O. The van der Waals surface area contributed by atoms with Crippen molar-refractivity contribution < 1.29 is 19.4 Å². The summed E-state index contributed by atoms with van der Waals surface area (Å²) in [5.74, 6) is -1.70. The first-order valence-corrected chi connectivity index (χ1v) is 6.91. The summed E-state index contributed by atoms with van der Waals surface area (Å²) >= 11 is 0. The molecule has 110 valence electrons. The third-order valence-corrected chi connectivity index (χ3v) is 3.68. The second kappa shape index (κ2) is 6.37. The van der Waals surface area contributed by atoms with E-state index in [4.69, 9.17) is 9.84 Å². The summed E-state index contributed by atoms with van der Waals surface area (Å²) in [6, 6.07) is 0. The van der Waals surface area contributed by atoms with Crippen molar-refractivity contribution in [2.45, 2.75) is 46.1 Å². The maximum atomic E-state index is 12.1. The largest absolute Gasteiger partial charge is 0.481 e. The van der Waals surface area contributed by atoms with Crippen molar-refractivity contribution in [2.24, 2.45) is 17.8 Å². The van der Waals surface area contributed by atoms with Crippen molar-refractivity contribution >= 4 is 11.9 Å². The molecule has 3 atom stereocenters. The molecule has 0 heterocycles. The van der Waals surface area contributed by atoms with Crippen LogP contribution in [0.1, 0.15) is 40.5 Å². The topological polar surface area (TPSA) is 75.6 Å². The third kappa shape index (κ3) is 4.49. The quantitative estimate of drug-likeness (QED) is 0.770. The van der Waals surface area contributed by atoms with Crippen LogP contribution >= 0.6 is 0 Å². The van der Waals surface area contributed by atoms with E-state index in [-0.39, 0.29) is 11.8 Å². The number of amides is 1. The lowest BCUT2D eigenvalue weighted by molar-refractivity contribution is -0.146. The fourth-order valence-corrected chi connectivity index (χ4v) is 2.73. The Labute approximate surface area is 114 Å². The number of nitrogens with one attached hydrogen (secondary N) is 1. The van der Waals surface area contributed by atoms with E-state index in [1.165, 1.54) is 0 Å². The lowest BCUT2D eigenvalue weighted by Crippen LogP contribution is -2.44. The summed E-state index contributed by atoms with van der Waals surface area (Å²) in [6.07, 6.45) is 1.24. The van der Waals surface area contributed by atoms with Gasteiger partial charge >= 0.3 is 5.97 Å². The fourth-order valence-electron chi connectivity index (χ4n) is 2.73. The summed E-state index contributed by atoms with van der Waals surface area (Å²) in [5.41, 5.74) is -0.423. The number of carbonyl (C=O) groups excluding carboxylic acids is 1. The average Bonchev–Trinajstić information content (AvgIpc) is 2.68. The van der Waals surface area contributed by atoms with Crippen molar-refractivity contribution in [1.29, 1.82) is 0 Å². The Morgan fingerprint density at radius 3 is 2.42 bits per heavy atom. The molecule has 0 aromatic rings. The van der Waals surface area contributed by atoms with Crippen molar-refractivity contribution in [3.63, 3.8) is 0 Å². The Hall–Kier alpha value is -1.10. The molecule has 0 aromatic heterocycles. The maximum Gasteiger partial charge on any atom is 0.307 e. The summed E-state index contributed by atoms with van der Waals surface area (Å²) in [7, 11) is 0. The zero-order valence-corrected chi connectivity index (χ0v) is 12.2. The lowest BCUT2D eigenvalue weighted by Gasteiger charge is -2.26. The van der Waals surface area contributed by atoms with Crippen LogP contribution in [0.15, 0.2) is 0 Å². The smallest absolute Gasteiger partial charge is 0.307 e. The Morgan fingerprint density at radius 1 is 1.32 bits per heavy atom. The van der Waals surface area contributed by atoms with Gasteiger partial charge in [0.2, 0.25) is 5.91 Å². The van der Waals surface area contributed by atoms with Crippen LogP contribution in [0.3, 0.4) is 0 Å². The van der Waals surface area contributed by atoms with E-state index in [1.54, 1.807) is 0 Å². The molecule has 1 rings (SSSR count). The van der Waals surface area contributed by atoms with Crippen LogP contribution in [0.2, 0.25) is 0 Å². The van der Waals surface area contributed by atoms with E-state index >= 15 is 0 Å². The number of carboxylic acids is 1. The van der Waals surface area contributed by atoms with Crippen LogP contribution in [-0.4, -0.2) is 35.7 Å². The molecule has 2 N–H and O–H groups in total. The predicted octanol–water partition coefficient (Wildman–Crippen LogP) is 1.66. The molecule has 5 nitrogen and oxygen atoms in total. The number of hydrogen-bond donors (Lipinski definition) is 2. The number of carbonyl (C=O) groups is 2. The molecule has 0 bridgehead atoms. The highest BCUT2D eigenvalue weighted by molar-refractivity contribution is 5.85. The van der Waals surface area contributed by atoms with Crippen molar-refractivity contribution in [3.8, 4) is 0 Å². The molecular formula is C14H25NO4. The van der Waals surface area contributed by atoms with Gasteiger partial charge in [-0.15, -0.1) is 0 Å². The minimum Gasteiger partial charge on any atom is -0.481 e. The molecule has 1 amide bonds. The van der Waals surface area contributed by atoms with Gasteiger partial charge in [-0.05, 0) is 39.5 Å². The van der Waals surface area contributed by atoms with Gasteiger partial charge in [0.1, 0.15) is 0 Å². The van der Waals surface area contributed by atoms with Gasteiger partial charge < -0.3 is 15.2 Å². The van der Waals surface area contributed by atoms with Gasteiger partial charge in [-0.1, -0.05) is 6.92 Å². The average molecular weight is 271 g/mol. The highest BCUT2D eigenvalue weighted by Gasteiger charge is 2.41. The van der Waals surface area contributed by atoms with Crippen LogP contribution < -0.4 is 5.32 Å². The molecule has 1 aliphatic carbocycles. The Balaban J connectivity index is 2.55. The van der Waals surface area contributed by atoms with E-state index < -0.39 is 23.4 Å². The number of hydrogen-bond acceptors (Lipinski definition) is 3. The monoisotopic (exact) mass is 271 g/mol. The molecular weight excluding hydrogens is 246 g/mol. The van der Waals surface area contributed by atoms with Crippen LogP contribution in [-0.2, 0) is 14.3 Å². The van der Waals surface area contributed by atoms with Crippen LogP contribution in [0.5, 0.6) is 0 Å². The molecule has 0 aliphatic heterocycles. The molecule has 0 saturated heterocycles. The normalized spacial score (nSPS) is 27.3. The molecule has 1 aliphatic rings. The van der Waals surface area contributed by atoms with Crippen molar-refractivity contribution in [2.75, 3.05) is 13.2 Å². The summed E-state index contributed by atoms with van der Waals surface area (Å²) < 4.78 is 5.51. The fraction of sp³-hybridized carbons (Fsp3) is 0.857. The summed E-state index contributed by atoms with van der Waals surface area (Å²) in [4.78, 5) is 23.3. The minimum atomic E-state index is -0.867. The number of ether oxygens (including phenoxy) is 1. The standard InChI is InChI=1S/C14H25NO4/c1-5-19-14(3,4)8-15-12(16)10-6-9(2)7-11(10)13(17)18/h9-11H,5-8H2,1-4H3,(H,15,16)(H,17,18)/t9?,10-,11+/m0/s1. The summed E-state index contributed by atoms with van der Waals surface area (Å²) in [5, 5.41) is 12.0. The zero-order valence-electron chi connectivity index (χ0n) is 12.2. The van der Waals surface area contributed by atoms with Crippen LogP contribution in [0.4, 0.5) is 0 Å². The van der Waals surface area contributed by atoms with Gasteiger partial charge in [0.25, 0.3) is 0 Å². The molecule has 1 fully saturated rings. The Bertz CT molecular complexity index is 340. The first-order chi connectivity index (χ1) is 8.76. The van der Waals surface area contributed by atoms with E-state index in [0.717, 1.165) is 0 Å². The van der Waals surface area contributed by atoms with Crippen molar-refractivity contribution in [3.05, 3.63) is 0 Å². The number of aliphatic carboxylic acids is 1. The van der Waals surface area contributed by atoms with Crippen molar-refractivity contribution in [1.82, 2.24) is 5.32 Å². The predicted molar refractivity (Wildman–Crippen MR) is 71.7 cm³/mol. The minimum absolute atomic E-state index is 0.162. The van der Waals surface area contributed by atoms with Gasteiger partial charge in [-0.2, -0.15) is 0 Å². The lowest BCUT2D eigenvalue weighted by atomic mass is 9.95. The summed E-state index contributed by atoms with van der Waals surface area (Å²) in [6.45, 7) is 8.69. The highest BCUT2D eigenvalue weighted by atomic mass is 16.5. The van der Waals surface area contributed by atoms with Gasteiger partial charge in [0.05, 0.1) is 17.4 Å². The van der Waals surface area contributed by atoms with E-state index in [2.05, 4.69) is 5.32 Å². The van der Waals surface area contributed by atoms with E-state index in [1.807, 2.05) is 27.7 Å². The first kappa shape index (κ1) is 16.0. The second-order valence-corrected chi connectivity index (χ2v) is 6.04. The molecule has 1 unspecified atom stereocenters. The van der Waals surface area contributed by atoms with Gasteiger partial charge in [0.15, 0.2) is 0 Å².